The zero-order chi connectivity index (χ0) is 19.6. The Morgan fingerprint density at radius 2 is 1.85 bits per heavy atom. The molecule has 2 saturated heterocycles. The maximum atomic E-state index is 12.8. The van der Waals surface area contributed by atoms with E-state index in [9.17, 15) is 13.2 Å². The molecule has 0 saturated carbocycles. The van der Waals surface area contributed by atoms with Crippen LogP contribution in [0.4, 0.5) is 5.82 Å². The highest BCUT2D eigenvalue weighted by molar-refractivity contribution is 7.89. The first-order valence-corrected chi connectivity index (χ1v) is 10.8. The summed E-state index contributed by atoms with van der Waals surface area (Å²) in [6.45, 7) is 3.92. The van der Waals surface area contributed by atoms with E-state index in [1.165, 1.54) is 10.5 Å². The maximum absolute atomic E-state index is 12.8. The molecule has 0 aliphatic carbocycles. The average Bonchev–Trinajstić information content (AvgIpc) is 2.68. The van der Waals surface area contributed by atoms with E-state index in [4.69, 9.17) is 0 Å². The van der Waals surface area contributed by atoms with Crippen LogP contribution in [0.15, 0.2) is 23.2 Å². The molecular formula is C18H29N5O3S. The fourth-order valence-electron chi connectivity index (χ4n) is 3.64. The van der Waals surface area contributed by atoms with Crippen LogP contribution >= 0.6 is 0 Å². The van der Waals surface area contributed by atoms with Crippen LogP contribution < -0.4 is 4.90 Å². The van der Waals surface area contributed by atoms with Crippen molar-refractivity contribution >= 4 is 21.7 Å². The maximum Gasteiger partial charge on any atom is 0.244 e. The summed E-state index contributed by atoms with van der Waals surface area (Å²) < 4.78 is 27.1. The van der Waals surface area contributed by atoms with Gasteiger partial charge in [0.2, 0.25) is 15.9 Å². The second-order valence-electron chi connectivity index (χ2n) is 7.58. The van der Waals surface area contributed by atoms with Crippen LogP contribution in [0.3, 0.4) is 0 Å². The van der Waals surface area contributed by atoms with Crippen molar-refractivity contribution in [1.29, 1.82) is 0 Å². The molecule has 9 heteroatoms. The zero-order valence-electron chi connectivity index (χ0n) is 16.3. The summed E-state index contributed by atoms with van der Waals surface area (Å²) in [5.41, 5.74) is 0. The number of rotatable bonds is 4. The third kappa shape index (κ3) is 4.41. The second kappa shape index (κ2) is 8.12. The molecule has 0 radical (unpaired) electrons. The van der Waals surface area contributed by atoms with Crippen LogP contribution in [0, 0.1) is 5.92 Å². The normalized spacial score (nSPS) is 22.6. The van der Waals surface area contributed by atoms with Crippen molar-refractivity contribution in [2.45, 2.75) is 17.7 Å². The van der Waals surface area contributed by atoms with Gasteiger partial charge in [0.05, 0.1) is 5.92 Å². The highest BCUT2D eigenvalue weighted by Gasteiger charge is 2.29. The highest BCUT2D eigenvalue weighted by Crippen LogP contribution is 2.24. The summed E-state index contributed by atoms with van der Waals surface area (Å²) in [6, 6.07) is 3.39. The van der Waals surface area contributed by atoms with E-state index in [1.54, 1.807) is 31.1 Å². The van der Waals surface area contributed by atoms with Crippen molar-refractivity contribution in [3.63, 3.8) is 0 Å². The molecule has 2 fully saturated rings. The minimum Gasteiger partial charge on any atom is -0.356 e. The smallest absolute Gasteiger partial charge is 0.244 e. The van der Waals surface area contributed by atoms with Gasteiger partial charge in [-0.3, -0.25) is 4.79 Å². The lowest BCUT2D eigenvalue weighted by Gasteiger charge is -2.34. The number of sulfonamides is 1. The SMILES string of the molecule is CN1CCN(S(=O)(=O)c2ccc(N3CCCC(C(=O)N(C)C)C3)nc2)CC1. The molecular weight excluding hydrogens is 366 g/mol. The Hall–Kier alpha value is -1.71. The van der Waals surface area contributed by atoms with Gasteiger partial charge in [-0.15, -0.1) is 0 Å². The van der Waals surface area contributed by atoms with Gasteiger partial charge in [0.15, 0.2) is 0 Å². The van der Waals surface area contributed by atoms with Crippen LogP contribution in [-0.2, 0) is 14.8 Å². The molecule has 3 rings (SSSR count). The molecule has 1 amide bonds. The van der Waals surface area contributed by atoms with Crippen LogP contribution in [0.2, 0.25) is 0 Å². The van der Waals surface area contributed by atoms with Crippen LogP contribution in [-0.4, -0.2) is 93.8 Å². The molecule has 27 heavy (non-hydrogen) atoms. The summed E-state index contributed by atoms with van der Waals surface area (Å²) in [5, 5.41) is 0. The number of carbonyl (C=O) groups is 1. The molecule has 1 aromatic rings. The summed E-state index contributed by atoms with van der Waals surface area (Å²) in [6.07, 6.45) is 3.25. The third-order valence-corrected chi connectivity index (χ3v) is 7.24. The van der Waals surface area contributed by atoms with Gasteiger partial charge < -0.3 is 14.7 Å². The van der Waals surface area contributed by atoms with Gasteiger partial charge in [0, 0.05) is 59.6 Å². The second-order valence-corrected chi connectivity index (χ2v) is 9.52. The van der Waals surface area contributed by atoms with E-state index in [1.807, 2.05) is 7.05 Å². The number of aromatic nitrogens is 1. The molecule has 1 atom stereocenters. The number of pyridine rings is 1. The Labute approximate surface area is 161 Å². The van der Waals surface area contributed by atoms with Crippen LogP contribution in [0.25, 0.3) is 0 Å². The lowest BCUT2D eigenvalue weighted by atomic mass is 9.97. The molecule has 0 bridgehead atoms. The minimum atomic E-state index is -3.50. The fraction of sp³-hybridized carbons (Fsp3) is 0.667. The summed E-state index contributed by atoms with van der Waals surface area (Å²) >= 11 is 0. The number of piperazine rings is 1. The Bertz CT molecular complexity index is 758. The van der Waals surface area contributed by atoms with Gasteiger partial charge in [-0.2, -0.15) is 4.31 Å². The predicted octanol–water partition coefficient (Wildman–Crippen LogP) is 0.322. The van der Waals surface area contributed by atoms with Crippen molar-refractivity contribution in [2.24, 2.45) is 5.92 Å². The number of hydrogen-bond donors (Lipinski definition) is 0. The van der Waals surface area contributed by atoms with E-state index in [0.29, 0.717) is 19.6 Å². The van der Waals surface area contributed by atoms with E-state index in [0.717, 1.165) is 38.3 Å². The zero-order valence-corrected chi connectivity index (χ0v) is 17.2. The largest absolute Gasteiger partial charge is 0.356 e. The predicted molar refractivity (Wildman–Crippen MR) is 104 cm³/mol. The lowest BCUT2D eigenvalue weighted by molar-refractivity contribution is -0.133. The molecule has 0 aromatic carbocycles. The van der Waals surface area contributed by atoms with Crippen molar-refractivity contribution in [2.75, 3.05) is 65.3 Å². The molecule has 0 spiro atoms. The van der Waals surface area contributed by atoms with E-state index >= 15 is 0 Å². The monoisotopic (exact) mass is 395 g/mol. The van der Waals surface area contributed by atoms with E-state index < -0.39 is 10.0 Å². The number of carbonyl (C=O) groups excluding carboxylic acids is 1. The Balaban J connectivity index is 1.70. The first-order chi connectivity index (χ1) is 12.8. The van der Waals surface area contributed by atoms with Gasteiger partial charge >= 0.3 is 0 Å². The minimum absolute atomic E-state index is 0.0377. The summed E-state index contributed by atoms with van der Waals surface area (Å²) in [4.78, 5) is 22.7. The van der Waals surface area contributed by atoms with Gasteiger partial charge in [-0.1, -0.05) is 0 Å². The quantitative estimate of drug-likeness (QED) is 0.731. The first-order valence-electron chi connectivity index (χ1n) is 9.40. The molecule has 150 valence electrons. The fourth-order valence-corrected chi connectivity index (χ4v) is 5.01. The number of piperidine rings is 1. The Morgan fingerprint density at radius 1 is 1.15 bits per heavy atom. The van der Waals surface area contributed by atoms with E-state index in [2.05, 4.69) is 14.8 Å². The van der Waals surface area contributed by atoms with E-state index in [-0.39, 0.29) is 16.7 Å². The highest BCUT2D eigenvalue weighted by atomic mass is 32.2. The Kier molecular flexibility index (Phi) is 6.02. The average molecular weight is 396 g/mol. The van der Waals surface area contributed by atoms with Gasteiger partial charge in [-0.25, -0.2) is 13.4 Å². The summed E-state index contributed by atoms with van der Waals surface area (Å²) in [5.74, 6) is 0.821. The Morgan fingerprint density at radius 3 is 2.44 bits per heavy atom. The summed E-state index contributed by atoms with van der Waals surface area (Å²) in [7, 11) is 2.04. The number of hydrogen-bond acceptors (Lipinski definition) is 6. The molecule has 0 N–H and O–H groups in total. The molecule has 2 aliphatic heterocycles. The van der Waals surface area contributed by atoms with Gasteiger partial charge in [-0.05, 0) is 32.0 Å². The number of anilines is 1. The number of likely N-dealkylation sites (N-methyl/N-ethyl adjacent to an activating group) is 1. The molecule has 8 nitrogen and oxygen atoms in total. The van der Waals surface area contributed by atoms with Gasteiger partial charge in [0.25, 0.3) is 0 Å². The molecule has 3 heterocycles. The lowest BCUT2D eigenvalue weighted by Crippen LogP contribution is -2.47. The van der Waals surface area contributed by atoms with Crippen molar-refractivity contribution in [1.82, 2.24) is 19.1 Å². The topological polar surface area (TPSA) is 77.1 Å². The molecule has 1 unspecified atom stereocenters. The standard InChI is InChI=1S/C18H29N5O3S/c1-20(2)18(24)15-5-4-8-22(14-15)17-7-6-16(13-19-17)27(25,26)23-11-9-21(3)10-12-23/h6-7,13,15H,4-5,8-12,14H2,1-3H3. The number of amides is 1. The molecule has 1 aromatic heterocycles. The van der Waals surface area contributed by atoms with Crippen molar-refractivity contribution in [3.8, 4) is 0 Å². The molecule has 2 aliphatic rings. The van der Waals surface area contributed by atoms with Crippen molar-refractivity contribution < 1.29 is 13.2 Å². The van der Waals surface area contributed by atoms with Crippen LogP contribution in [0.1, 0.15) is 12.8 Å². The van der Waals surface area contributed by atoms with Crippen LogP contribution in [0.5, 0.6) is 0 Å². The van der Waals surface area contributed by atoms with Gasteiger partial charge in [0.1, 0.15) is 10.7 Å². The van der Waals surface area contributed by atoms with Crippen molar-refractivity contribution in [3.05, 3.63) is 18.3 Å². The first kappa shape index (κ1) is 20.0. The third-order valence-electron chi connectivity index (χ3n) is 5.36. The number of nitrogens with zero attached hydrogens (tertiary/aromatic N) is 5.